The van der Waals surface area contributed by atoms with Crippen molar-refractivity contribution in [3.05, 3.63) is 34.9 Å². The molecular weight excluding hydrogens is 276 g/mol. The third kappa shape index (κ3) is 4.57. The smallest absolute Gasteiger partial charge is 0.328 e. The molecule has 0 aromatic heterocycles. The van der Waals surface area contributed by atoms with Crippen LogP contribution in [0.15, 0.2) is 24.3 Å². The van der Waals surface area contributed by atoms with Gasteiger partial charge in [-0.1, -0.05) is 24.4 Å². The highest BCUT2D eigenvalue weighted by Gasteiger charge is 2.15. The lowest BCUT2D eigenvalue weighted by atomic mass is 10.1. The summed E-state index contributed by atoms with van der Waals surface area (Å²) in [6.45, 7) is 0. The number of hydrogen-bond donors (Lipinski definition) is 1. The van der Waals surface area contributed by atoms with Crippen molar-refractivity contribution in [1.82, 2.24) is 0 Å². The molecule has 1 aliphatic carbocycles. The fourth-order valence-electron chi connectivity index (χ4n) is 2.46. The van der Waals surface area contributed by atoms with Gasteiger partial charge in [0.05, 0.1) is 6.10 Å². The molecule has 0 bridgehead atoms. The number of rotatable bonds is 4. The van der Waals surface area contributed by atoms with Gasteiger partial charge in [0, 0.05) is 16.7 Å². The average Bonchev–Trinajstić information content (AvgIpc) is 2.67. The Kier molecular flexibility index (Phi) is 5.48. The first-order chi connectivity index (χ1) is 9.65. The van der Waals surface area contributed by atoms with Crippen LogP contribution >= 0.6 is 11.6 Å². The Morgan fingerprint density at radius 3 is 2.60 bits per heavy atom. The maximum absolute atomic E-state index is 10.6. The molecule has 0 unspecified atom stereocenters. The first-order valence-electron chi connectivity index (χ1n) is 7.02. The summed E-state index contributed by atoms with van der Waals surface area (Å²) >= 11 is 5.96. The number of hydrogen-bond acceptors (Lipinski definition) is 2. The van der Waals surface area contributed by atoms with Crippen LogP contribution in [0.4, 0.5) is 0 Å². The molecule has 4 heteroatoms. The fourth-order valence-corrected chi connectivity index (χ4v) is 2.64. The van der Waals surface area contributed by atoms with Gasteiger partial charge in [-0.25, -0.2) is 4.79 Å². The molecule has 0 radical (unpaired) electrons. The molecule has 1 N–H and O–H groups in total. The molecule has 0 spiro atoms. The number of carbonyl (C=O) groups is 1. The summed E-state index contributed by atoms with van der Waals surface area (Å²) in [6, 6.07) is 5.31. The van der Waals surface area contributed by atoms with Crippen molar-refractivity contribution in [3.63, 3.8) is 0 Å². The van der Waals surface area contributed by atoms with Crippen molar-refractivity contribution in [1.29, 1.82) is 0 Å². The van der Waals surface area contributed by atoms with E-state index in [1.165, 1.54) is 31.8 Å². The molecule has 1 aliphatic rings. The Hall–Kier alpha value is -1.48. The molecule has 1 aromatic rings. The lowest BCUT2D eigenvalue weighted by molar-refractivity contribution is -0.131. The van der Waals surface area contributed by atoms with Crippen molar-refractivity contribution in [2.45, 2.75) is 44.6 Å². The van der Waals surface area contributed by atoms with Crippen LogP contribution in [0.5, 0.6) is 5.75 Å². The lowest BCUT2D eigenvalue weighted by Gasteiger charge is -2.18. The van der Waals surface area contributed by atoms with Gasteiger partial charge in [0.15, 0.2) is 0 Å². The zero-order valence-corrected chi connectivity index (χ0v) is 12.1. The second-order valence-electron chi connectivity index (χ2n) is 5.09. The number of carboxylic acids is 1. The first kappa shape index (κ1) is 14.9. The summed E-state index contributed by atoms with van der Waals surface area (Å²) in [4.78, 5) is 10.6. The Morgan fingerprint density at radius 2 is 1.95 bits per heavy atom. The highest BCUT2D eigenvalue weighted by molar-refractivity contribution is 6.30. The SMILES string of the molecule is O=C(O)/C=C/c1cc(Cl)ccc1OC1CCCCCC1. The van der Waals surface area contributed by atoms with E-state index >= 15 is 0 Å². The second kappa shape index (κ2) is 7.34. The molecule has 0 saturated heterocycles. The third-order valence-electron chi connectivity index (χ3n) is 3.47. The Labute approximate surface area is 124 Å². The molecule has 1 fully saturated rings. The average molecular weight is 295 g/mol. The van der Waals surface area contributed by atoms with Gasteiger partial charge in [-0.3, -0.25) is 0 Å². The molecule has 3 nitrogen and oxygen atoms in total. The molecule has 2 rings (SSSR count). The lowest BCUT2D eigenvalue weighted by Crippen LogP contribution is -2.15. The van der Waals surface area contributed by atoms with Gasteiger partial charge in [-0.15, -0.1) is 0 Å². The normalized spacial score (nSPS) is 17.1. The minimum Gasteiger partial charge on any atom is -0.490 e. The molecule has 108 valence electrons. The van der Waals surface area contributed by atoms with Crippen molar-refractivity contribution in [2.24, 2.45) is 0 Å². The quantitative estimate of drug-likeness (QED) is 0.655. The third-order valence-corrected chi connectivity index (χ3v) is 3.71. The Bertz CT molecular complexity index is 488. The zero-order chi connectivity index (χ0) is 14.4. The molecular formula is C16H19ClO3. The number of carboxylic acid groups (broad SMARTS) is 1. The van der Waals surface area contributed by atoms with E-state index < -0.39 is 5.97 Å². The van der Waals surface area contributed by atoms with Crippen molar-refractivity contribution < 1.29 is 14.6 Å². The summed E-state index contributed by atoms with van der Waals surface area (Å²) in [7, 11) is 0. The molecule has 1 saturated carbocycles. The summed E-state index contributed by atoms with van der Waals surface area (Å²) in [5, 5.41) is 9.31. The number of ether oxygens (including phenoxy) is 1. The predicted octanol–water partition coefficient (Wildman–Crippen LogP) is 4.54. The highest BCUT2D eigenvalue weighted by atomic mass is 35.5. The van der Waals surface area contributed by atoms with E-state index in [1.807, 2.05) is 6.07 Å². The van der Waals surface area contributed by atoms with Crippen molar-refractivity contribution >= 4 is 23.6 Å². The summed E-state index contributed by atoms with van der Waals surface area (Å²) in [5.41, 5.74) is 0.712. The summed E-state index contributed by atoms with van der Waals surface area (Å²) < 4.78 is 6.05. The van der Waals surface area contributed by atoms with Crippen LogP contribution in [-0.2, 0) is 4.79 Å². The number of halogens is 1. The first-order valence-corrected chi connectivity index (χ1v) is 7.40. The minimum absolute atomic E-state index is 0.218. The van der Waals surface area contributed by atoms with Crippen molar-refractivity contribution in [2.75, 3.05) is 0 Å². The van der Waals surface area contributed by atoms with E-state index in [1.54, 1.807) is 12.1 Å². The fraction of sp³-hybridized carbons (Fsp3) is 0.438. The number of aliphatic carboxylic acids is 1. The molecule has 0 aliphatic heterocycles. The van der Waals surface area contributed by atoms with Crippen LogP contribution in [0.3, 0.4) is 0 Å². The Balaban J connectivity index is 2.14. The van der Waals surface area contributed by atoms with Gasteiger partial charge >= 0.3 is 5.97 Å². The molecule has 0 heterocycles. The topological polar surface area (TPSA) is 46.5 Å². The highest BCUT2D eigenvalue weighted by Crippen LogP contribution is 2.28. The van der Waals surface area contributed by atoms with E-state index in [4.69, 9.17) is 21.4 Å². The second-order valence-corrected chi connectivity index (χ2v) is 5.52. The van der Waals surface area contributed by atoms with Gasteiger partial charge in [-0.2, -0.15) is 0 Å². The largest absolute Gasteiger partial charge is 0.490 e. The molecule has 0 amide bonds. The van der Waals surface area contributed by atoms with E-state index in [0.717, 1.165) is 18.9 Å². The maximum Gasteiger partial charge on any atom is 0.328 e. The van der Waals surface area contributed by atoms with Gasteiger partial charge in [0.25, 0.3) is 0 Å². The molecule has 20 heavy (non-hydrogen) atoms. The van der Waals surface area contributed by atoms with Gasteiger partial charge in [-0.05, 0) is 50.0 Å². The van der Waals surface area contributed by atoms with E-state index in [2.05, 4.69) is 0 Å². The van der Waals surface area contributed by atoms with Gasteiger partial charge in [0.2, 0.25) is 0 Å². The van der Waals surface area contributed by atoms with Crippen LogP contribution in [0.25, 0.3) is 6.08 Å². The van der Waals surface area contributed by atoms with Crippen LogP contribution in [-0.4, -0.2) is 17.2 Å². The van der Waals surface area contributed by atoms with Crippen LogP contribution in [0.1, 0.15) is 44.1 Å². The van der Waals surface area contributed by atoms with Crippen molar-refractivity contribution in [3.8, 4) is 5.75 Å². The van der Waals surface area contributed by atoms with E-state index in [0.29, 0.717) is 16.3 Å². The van der Waals surface area contributed by atoms with Gasteiger partial charge in [0.1, 0.15) is 5.75 Å². The Morgan fingerprint density at radius 1 is 1.25 bits per heavy atom. The molecule has 0 atom stereocenters. The summed E-state index contributed by atoms with van der Waals surface area (Å²) in [5.74, 6) is -0.274. The van der Waals surface area contributed by atoms with Crippen LogP contribution in [0.2, 0.25) is 5.02 Å². The van der Waals surface area contributed by atoms with Crippen LogP contribution in [0, 0.1) is 0 Å². The zero-order valence-electron chi connectivity index (χ0n) is 11.3. The van der Waals surface area contributed by atoms with Gasteiger partial charge < -0.3 is 9.84 Å². The predicted molar refractivity (Wildman–Crippen MR) is 80.2 cm³/mol. The maximum atomic E-state index is 10.6. The minimum atomic E-state index is -0.981. The monoisotopic (exact) mass is 294 g/mol. The number of benzene rings is 1. The van der Waals surface area contributed by atoms with Crippen LogP contribution < -0.4 is 4.74 Å². The molecule has 1 aromatic carbocycles. The summed E-state index contributed by atoms with van der Waals surface area (Å²) in [6.07, 6.45) is 9.90. The van der Waals surface area contributed by atoms with E-state index in [9.17, 15) is 4.79 Å². The standard InChI is InChI=1S/C16H19ClO3/c17-13-8-9-15(12(11-13)7-10-16(18)19)20-14-5-3-1-2-4-6-14/h7-11,14H,1-6H2,(H,18,19)/b10-7+. The van der Waals surface area contributed by atoms with E-state index in [-0.39, 0.29) is 6.10 Å².